The number of aryl methyl sites for hydroxylation is 1. The number of benzene rings is 3. The molecule has 2 aromatic heterocycles. The molecule has 3 unspecified atom stereocenters. The number of aromatic nitrogens is 4. The molecular weight excluding hydrogens is 541 g/mol. The van der Waals surface area contributed by atoms with Crippen molar-refractivity contribution in [3.8, 4) is 5.69 Å². The fourth-order valence-electron chi connectivity index (χ4n) is 6.81. The smallest absolute Gasteiger partial charge is 0.246 e. The number of sulfonamides is 1. The summed E-state index contributed by atoms with van der Waals surface area (Å²) in [6, 6.07) is 20.9. The third kappa shape index (κ3) is 4.12. The van der Waals surface area contributed by atoms with Gasteiger partial charge in [0.1, 0.15) is 10.7 Å². The van der Waals surface area contributed by atoms with Crippen molar-refractivity contribution in [2.75, 3.05) is 26.8 Å². The molecule has 210 valence electrons. The minimum Gasteiger partial charge on any atom is -0.383 e. The lowest BCUT2D eigenvalue weighted by molar-refractivity contribution is 0.183. The van der Waals surface area contributed by atoms with Gasteiger partial charge in [-0.1, -0.05) is 30.3 Å². The van der Waals surface area contributed by atoms with Crippen LogP contribution in [0.5, 0.6) is 0 Å². The molecule has 0 N–H and O–H groups in total. The highest BCUT2D eigenvalue weighted by Gasteiger charge is 2.71. The summed E-state index contributed by atoms with van der Waals surface area (Å²) in [6.07, 6.45) is 4.84. The van der Waals surface area contributed by atoms with Gasteiger partial charge < -0.3 is 4.74 Å². The highest BCUT2D eigenvalue weighted by molar-refractivity contribution is 7.89. The van der Waals surface area contributed by atoms with E-state index in [9.17, 15) is 12.8 Å². The lowest BCUT2D eigenvalue weighted by atomic mass is 9.87. The Kier molecular flexibility index (Phi) is 6.11. The van der Waals surface area contributed by atoms with Crippen LogP contribution in [0, 0.1) is 18.7 Å². The van der Waals surface area contributed by atoms with Crippen molar-refractivity contribution < 1.29 is 17.5 Å². The first-order valence-electron chi connectivity index (χ1n) is 13.6. The molecule has 1 saturated carbocycles. The normalized spacial score (nSPS) is 22.3. The van der Waals surface area contributed by atoms with E-state index in [1.165, 1.54) is 23.9 Å². The first-order valence-corrected chi connectivity index (χ1v) is 15.1. The predicted molar refractivity (Wildman–Crippen MR) is 153 cm³/mol. The topological polar surface area (TPSA) is 82.3 Å². The molecule has 3 atom stereocenters. The third-order valence-corrected chi connectivity index (χ3v) is 10.5. The standard InChI is InChI=1S/C31H30FN5O3S/c1-21-14-29-23(16-34-37(29)25-10-8-24(32)9-11-25)15-27(21)31-20-36(19-28(31)30(31)22-6-4-3-5-7-22)41(38,39)26-17-33-35(18-26)12-13-40-2/h3-11,14-18,28,30H,12-13,19-20H2,1-2H3. The molecule has 1 aliphatic carbocycles. The van der Waals surface area contributed by atoms with E-state index < -0.39 is 10.0 Å². The van der Waals surface area contributed by atoms with Gasteiger partial charge in [-0.15, -0.1) is 0 Å². The van der Waals surface area contributed by atoms with Crippen LogP contribution < -0.4 is 0 Å². The van der Waals surface area contributed by atoms with E-state index in [-0.39, 0.29) is 28.0 Å². The lowest BCUT2D eigenvalue weighted by Gasteiger charge is -2.25. The summed E-state index contributed by atoms with van der Waals surface area (Å²) in [5.41, 5.74) is 4.81. The summed E-state index contributed by atoms with van der Waals surface area (Å²) >= 11 is 0. The summed E-state index contributed by atoms with van der Waals surface area (Å²) in [6.45, 7) is 3.85. The van der Waals surface area contributed by atoms with Gasteiger partial charge in [0.15, 0.2) is 0 Å². The highest BCUT2D eigenvalue weighted by Crippen LogP contribution is 2.70. The van der Waals surface area contributed by atoms with Crippen molar-refractivity contribution in [1.29, 1.82) is 0 Å². The van der Waals surface area contributed by atoms with Crippen molar-refractivity contribution in [1.82, 2.24) is 23.9 Å². The number of hydrogen-bond donors (Lipinski definition) is 0. The summed E-state index contributed by atoms with van der Waals surface area (Å²) in [4.78, 5) is 0.203. The maximum absolute atomic E-state index is 13.8. The number of halogens is 1. The Balaban J connectivity index is 1.28. The summed E-state index contributed by atoms with van der Waals surface area (Å²) < 4.78 is 51.3. The van der Waals surface area contributed by atoms with Crippen molar-refractivity contribution in [2.45, 2.75) is 29.7 Å². The van der Waals surface area contributed by atoms with E-state index in [0.29, 0.717) is 26.2 Å². The van der Waals surface area contributed by atoms with E-state index in [2.05, 4.69) is 41.4 Å². The van der Waals surface area contributed by atoms with E-state index in [1.54, 1.807) is 34.4 Å². The van der Waals surface area contributed by atoms with Crippen LogP contribution in [0.15, 0.2) is 90.2 Å². The van der Waals surface area contributed by atoms with Crippen LogP contribution in [0.2, 0.25) is 0 Å². The van der Waals surface area contributed by atoms with Crippen LogP contribution in [0.3, 0.4) is 0 Å². The van der Waals surface area contributed by atoms with Gasteiger partial charge in [0.2, 0.25) is 10.0 Å². The highest BCUT2D eigenvalue weighted by atomic mass is 32.2. The molecule has 7 rings (SSSR count). The summed E-state index contributed by atoms with van der Waals surface area (Å²) in [7, 11) is -2.12. The Morgan fingerprint density at radius 1 is 1.05 bits per heavy atom. The molecule has 8 nitrogen and oxygen atoms in total. The Morgan fingerprint density at radius 2 is 1.83 bits per heavy atom. The second kappa shape index (κ2) is 9.61. The Morgan fingerprint density at radius 3 is 2.59 bits per heavy atom. The fourth-order valence-corrected chi connectivity index (χ4v) is 8.28. The number of rotatable bonds is 8. The van der Waals surface area contributed by atoms with Gasteiger partial charge in [-0.3, -0.25) is 4.68 Å². The SMILES string of the molecule is COCCn1cc(S(=O)(=O)N2CC3C(c4ccccc4)C3(c3cc4cnn(-c5ccc(F)cc5)c4cc3C)C2)cn1. The number of methoxy groups -OCH3 is 1. The number of ether oxygens (including phenoxy) is 1. The van der Waals surface area contributed by atoms with Gasteiger partial charge in [0.05, 0.1) is 36.7 Å². The second-order valence-corrected chi connectivity index (χ2v) is 13.0. The van der Waals surface area contributed by atoms with E-state index in [0.717, 1.165) is 27.7 Å². The second-order valence-electron chi connectivity index (χ2n) is 11.0. The maximum Gasteiger partial charge on any atom is 0.246 e. The van der Waals surface area contributed by atoms with E-state index >= 15 is 0 Å². The van der Waals surface area contributed by atoms with Crippen molar-refractivity contribution in [3.63, 3.8) is 0 Å². The summed E-state index contributed by atoms with van der Waals surface area (Å²) in [5, 5.41) is 9.81. The first kappa shape index (κ1) is 26.1. The fraction of sp³-hybridized carbons (Fsp3) is 0.290. The molecule has 1 aliphatic heterocycles. The quantitative estimate of drug-likeness (QED) is 0.270. The van der Waals surface area contributed by atoms with Crippen LogP contribution >= 0.6 is 0 Å². The Labute approximate surface area is 238 Å². The zero-order valence-electron chi connectivity index (χ0n) is 22.8. The number of fused-ring (bicyclic) bond motifs is 2. The first-order chi connectivity index (χ1) is 19.8. The molecule has 10 heteroatoms. The predicted octanol–water partition coefficient (Wildman–Crippen LogP) is 4.67. The van der Waals surface area contributed by atoms with E-state index in [4.69, 9.17) is 4.74 Å². The van der Waals surface area contributed by atoms with Gasteiger partial charge in [-0.05, 0) is 65.9 Å². The van der Waals surface area contributed by atoms with Gasteiger partial charge in [-0.2, -0.15) is 14.5 Å². The molecule has 0 bridgehead atoms. The molecule has 0 amide bonds. The summed E-state index contributed by atoms with van der Waals surface area (Å²) in [5.74, 6) is 0.0620. The minimum atomic E-state index is -3.73. The number of hydrogen-bond acceptors (Lipinski definition) is 5. The van der Waals surface area contributed by atoms with Gasteiger partial charge >= 0.3 is 0 Å². The molecular formula is C31H30FN5O3S. The molecule has 41 heavy (non-hydrogen) atoms. The zero-order chi connectivity index (χ0) is 28.4. The van der Waals surface area contributed by atoms with E-state index in [1.807, 2.05) is 29.1 Å². The van der Waals surface area contributed by atoms with Crippen LogP contribution in [-0.2, 0) is 26.7 Å². The molecule has 0 spiro atoms. The molecule has 3 aromatic carbocycles. The average molecular weight is 572 g/mol. The van der Waals surface area contributed by atoms with Crippen LogP contribution in [0.25, 0.3) is 16.6 Å². The van der Waals surface area contributed by atoms with Gasteiger partial charge in [0.25, 0.3) is 0 Å². The maximum atomic E-state index is 13.8. The largest absolute Gasteiger partial charge is 0.383 e. The molecule has 2 fully saturated rings. The van der Waals surface area contributed by atoms with Crippen molar-refractivity contribution in [2.24, 2.45) is 5.92 Å². The zero-order valence-corrected chi connectivity index (χ0v) is 23.6. The molecule has 3 heterocycles. The monoisotopic (exact) mass is 571 g/mol. The van der Waals surface area contributed by atoms with Gasteiger partial charge in [-0.25, -0.2) is 17.5 Å². The van der Waals surface area contributed by atoms with Crippen molar-refractivity contribution in [3.05, 3.63) is 108 Å². The molecule has 0 radical (unpaired) electrons. The number of piperidine rings is 1. The molecule has 5 aromatic rings. The Bertz CT molecular complexity index is 1850. The molecule has 2 aliphatic rings. The van der Waals surface area contributed by atoms with Gasteiger partial charge in [0, 0.05) is 43.1 Å². The van der Waals surface area contributed by atoms with Crippen LogP contribution in [0.1, 0.15) is 22.6 Å². The van der Waals surface area contributed by atoms with Crippen LogP contribution in [0.4, 0.5) is 4.39 Å². The average Bonchev–Trinajstić information content (AvgIpc) is 3.43. The lowest BCUT2D eigenvalue weighted by Crippen LogP contribution is -2.34. The minimum absolute atomic E-state index is 0.145. The van der Waals surface area contributed by atoms with Crippen molar-refractivity contribution >= 4 is 20.9 Å². The van der Waals surface area contributed by atoms with Crippen LogP contribution in [-0.4, -0.2) is 59.1 Å². The Hall–Kier alpha value is -3.86. The third-order valence-electron chi connectivity index (χ3n) is 8.77. The number of nitrogens with zero attached hydrogens (tertiary/aromatic N) is 5. The molecule has 1 saturated heterocycles.